The number of carboxylic acid groups (broad SMARTS) is 1. The zero-order valence-corrected chi connectivity index (χ0v) is 14.7. The SMILES string of the molecule is CCCC1CCC2=C(C1)SN1NC(=O)C(C(=O)NCC(=O)O)C(=O)C21. The van der Waals surface area contributed by atoms with Crippen molar-refractivity contribution in [3.05, 3.63) is 10.5 Å². The van der Waals surface area contributed by atoms with Crippen LogP contribution in [0.4, 0.5) is 0 Å². The van der Waals surface area contributed by atoms with E-state index in [0.29, 0.717) is 5.92 Å². The second-order valence-corrected chi connectivity index (χ2v) is 7.66. The van der Waals surface area contributed by atoms with Gasteiger partial charge in [-0.3, -0.25) is 24.6 Å². The van der Waals surface area contributed by atoms with Crippen molar-refractivity contribution >= 4 is 35.5 Å². The van der Waals surface area contributed by atoms with Crippen LogP contribution in [0.5, 0.6) is 0 Å². The summed E-state index contributed by atoms with van der Waals surface area (Å²) in [6.45, 7) is 1.53. The minimum Gasteiger partial charge on any atom is -0.480 e. The van der Waals surface area contributed by atoms with Gasteiger partial charge in [0.1, 0.15) is 12.6 Å². The first-order valence-electron chi connectivity index (χ1n) is 8.45. The molecule has 2 amide bonds. The normalized spacial score (nSPS) is 29.1. The number of carbonyl (C=O) groups is 4. The van der Waals surface area contributed by atoms with E-state index in [4.69, 9.17) is 5.11 Å². The molecule has 1 aliphatic carbocycles. The third-order valence-electron chi connectivity index (χ3n) is 4.84. The fourth-order valence-electron chi connectivity index (χ4n) is 3.70. The zero-order chi connectivity index (χ0) is 18.1. The summed E-state index contributed by atoms with van der Waals surface area (Å²) in [6, 6.07) is -0.624. The first kappa shape index (κ1) is 17.9. The van der Waals surface area contributed by atoms with Crippen molar-refractivity contribution in [1.82, 2.24) is 15.2 Å². The highest BCUT2D eigenvalue weighted by molar-refractivity contribution is 8.01. The summed E-state index contributed by atoms with van der Waals surface area (Å²) < 4.78 is 1.55. The van der Waals surface area contributed by atoms with E-state index in [1.807, 2.05) is 0 Å². The fraction of sp³-hybridized carbons (Fsp3) is 0.625. The summed E-state index contributed by atoms with van der Waals surface area (Å²) in [5.41, 5.74) is 3.62. The van der Waals surface area contributed by atoms with Crippen LogP contribution in [-0.2, 0) is 19.2 Å². The van der Waals surface area contributed by atoms with Crippen molar-refractivity contribution in [2.45, 2.75) is 45.1 Å². The predicted octanol–water partition coefficient (Wildman–Crippen LogP) is 0.604. The maximum atomic E-state index is 12.8. The molecule has 1 fully saturated rings. The van der Waals surface area contributed by atoms with Crippen molar-refractivity contribution in [1.29, 1.82) is 0 Å². The fourth-order valence-corrected chi connectivity index (χ4v) is 5.05. The maximum absolute atomic E-state index is 12.8. The molecule has 1 saturated heterocycles. The van der Waals surface area contributed by atoms with Crippen molar-refractivity contribution in [2.24, 2.45) is 11.8 Å². The number of ketones is 1. The first-order chi connectivity index (χ1) is 11.9. The molecule has 0 saturated carbocycles. The average Bonchev–Trinajstić information content (AvgIpc) is 2.90. The van der Waals surface area contributed by atoms with Crippen LogP contribution in [0, 0.1) is 11.8 Å². The van der Waals surface area contributed by atoms with Gasteiger partial charge in [-0.2, -0.15) is 0 Å². The lowest BCUT2D eigenvalue weighted by Crippen LogP contribution is -2.61. The lowest BCUT2D eigenvalue weighted by atomic mass is 9.81. The Bertz CT molecular complexity index is 662. The zero-order valence-electron chi connectivity index (χ0n) is 13.9. The number of hydrazine groups is 1. The van der Waals surface area contributed by atoms with Crippen molar-refractivity contribution in [3.8, 4) is 0 Å². The highest BCUT2D eigenvalue weighted by Crippen LogP contribution is 2.48. The average molecular weight is 367 g/mol. The highest BCUT2D eigenvalue weighted by Gasteiger charge is 2.51. The first-order valence-corrected chi connectivity index (χ1v) is 9.22. The molecule has 0 aromatic heterocycles. The molecular formula is C16H21N3O5S. The predicted molar refractivity (Wildman–Crippen MR) is 89.8 cm³/mol. The Morgan fingerprint density at radius 2 is 2.16 bits per heavy atom. The van der Waals surface area contributed by atoms with Crippen LogP contribution in [-0.4, -0.2) is 45.7 Å². The number of carbonyl (C=O) groups excluding carboxylic acids is 3. The second-order valence-electron chi connectivity index (χ2n) is 6.59. The monoisotopic (exact) mass is 367 g/mol. The van der Waals surface area contributed by atoms with Crippen LogP contribution >= 0.6 is 11.9 Å². The third kappa shape index (κ3) is 3.43. The van der Waals surface area contributed by atoms with Gasteiger partial charge in [0.15, 0.2) is 11.7 Å². The van der Waals surface area contributed by atoms with Crippen LogP contribution in [0.3, 0.4) is 0 Å². The number of rotatable bonds is 5. The number of amides is 2. The van der Waals surface area contributed by atoms with Gasteiger partial charge in [-0.1, -0.05) is 19.8 Å². The molecule has 0 aromatic rings. The summed E-state index contributed by atoms with van der Waals surface area (Å²) in [5, 5.41) is 10.8. The van der Waals surface area contributed by atoms with Gasteiger partial charge < -0.3 is 10.4 Å². The quantitative estimate of drug-likeness (QED) is 0.481. The van der Waals surface area contributed by atoms with E-state index in [1.54, 1.807) is 4.41 Å². The number of Topliss-reactive ketones (excluding diaryl/α,β-unsaturated/α-hetero) is 1. The van der Waals surface area contributed by atoms with E-state index in [-0.39, 0.29) is 0 Å². The standard InChI is InChI=1S/C16H21N3O5S/c1-2-3-8-4-5-9-10(6-8)25-19-13(9)14(22)12(16(24)18-19)15(23)17-7-11(20)21/h8,12-13H,2-7H2,1H3,(H,17,23)(H,18,24)(H,20,21). The Labute approximate surface area is 149 Å². The molecule has 0 radical (unpaired) electrons. The Morgan fingerprint density at radius 1 is 1.40 bits per heavy atom. The summed E-state index contributed by atoms with van der Waals surface area (Å²) in [6.07, 6.45) is 4.96. The largest absolute Gasteiger partial charge is 0.480 e. The van der Waals surface area contributed by atoms with Gasteiger partial charge >= 0.3 is 5.97 Å². The molecule has 3 N–H and O–H groups in total. The molecule has 3 unspecified atom stereocenters. The van der Waals surface area contributed by atoms with Crippen molar-refractivity contribution in [3.63, 3.8) is 0 Å². The number of aliphatic carboxylic acids is 1. The summed E-state index contributed by atoms with van der Waals surface area (Å²) >= 11 is 1.38. The van der Waals surface area contributed by atoms with Crippen LogP contribution < -0.4 is 10.7 Å². The van der Waals surface area contributed by atoms with Crippen LogP contribution in [0.25, 0.3) is 0 Å². The molecule has 2 heterocycles. The smallest absolute Gasteiger partial charge is 0.322 e. The summed E-state index contributed by atoms with van der Waals surface area (Å²) in [4.78, 5) is 48.8. The van der Waals surface area contributed by atoms with Gasteiger partial charge in [0.25, 0.3) is 5.91 Å². The molecule has 3 aliphatic rings. The molecule has 0 spiro atoms. The molecular weight excluding hydrogens is 346 g/mol. The topological polar surface area (TPSA) is 116 Å². The summed E-state index contributed by atoms with van der Waals surface area (Å²) in [7, 11) is 0. The molecule has 3 atom stereocenters. The molecule has 2 aliphatic heterocycles. The van der Waals surface area contributed by atoms with E-state index in [2.05, 4.69) is 17.7 Å². The van der Waals surface area contributed by atoms with Crippen molar-refractivity contribution in [2.75, 3.05) is 6.54 Å². The molecule has 25 heavy (non-hydrogen) atoms. The minimum atomic E-state index is -1.50. The molecule has 0 aromatic carbocycles. The molecule has 3 rings (SSSR count). The Balaban J connectivity index is 1.76. The number of allylic oxidation sites excluding steroid dienone is 1. The van der Waals surface area contributed by atoms with Crippen LogP contribution in [0.2, 0.25) is 0 Å². The Morgan fingerprint density at radius 3 is 2.84 bits per heavy atom. The van der Waals surface area contributed by atoms with Gasteiger partial charge in [-0.15, -0.1) is 4.41 Å². The highest BCUT2D eigenvalue weighted by atomic mass is 32.2. The maximum Gasteiger partial charge on any atom is 0.322 e. The molecule has 0 bridgehead atoms. The molecule has 9 heteroatoms. The number of carboxylic acids is 1. The lowest BCUT2D eigenvalue weighted by molar-refractivity contribution is -0.150. The number of fused-ring (bicyclic) bond motifs is 2. The van der Waals surface area contributed by atoms with Gasteiger partial charge in [-0.25, -0.2) is 0 Å². The van der Waals surface area contributed by atoms with Crippen LogP contribution in [0.1, 0.15) is 39.0 Å². The van der Waals surface area contributed by atoms with E-state index < -0.39 is 42.1 Å². The lowest BCUT2D eigenvalue weighted by Gasteiger charge is -2.33. The third-order valence-corrected chi connectivity index (χ3v) is 5.98. The number of hydrogen-bond acceptors (Lipinski definition) is 6. The Kier molecular flexibility index (Phi) is 5.14. The van der Waals surface area contributed by atoms with Gasteiger partial charge in [0.05, 0.1) is 0 Å². The van der Waals surface area contributed by atoms with Gasteiger partial charge in [0, 0.05) is 4.91 Å². The minimum absolute atomic E-state index is 0.474. The van der Waals surface area contributed by atoms with E-state index in [0.717, 1.165) is 42.6 Å². The van der Waals surface area contributed by atoms with E-state index in [9.17, 15) is 19.2 Å². The molecule has 136 valence electrons. The van der Waals surface area contributed by atoms with Crippen LogP contribution in [0.15, 0.2) is 10.5 Å². The second kappa shape index (κ2) is 7.17. The van der Waals surface area contributed by atoms with E-state index in [1.165, 1.54) is 11.9 Å². The van der Waals surface area contributed by atoms with Crippen molar-refractivity contribution < 1.29 is 24.3 Å². The number of nitrogens with zero attached hydrogens (tertiary/aromatic N) is 1. The Hall–Kier alpha value is -1.87. The summed E-state index contributed by atoms with van der Waals surface area (Å²) in [5.74, 6) is -4.17. The number of hydrogen-bond donors (Lipinski definition) is 3. The van der Waals surface area contributed by atoms with Gasteiger partial charge in [-0.05, 0) is 42.7 Å². The van der Waals surface area contributed by atoms with Gasteiger partial charge in [0.2, 0.25) is 5.91 Å². The van der Waals surface area contributed by atoms with E-state index >= 15 is 0 Å². The number of nitrogens with one attached hydrogen (secondary N) is 2. The molecule has 8 nitrogen and oxygen atoms in total.